The number of nitrogens with one attached hydrogen (secondary N) is 1. The molecule has 6 heteroatoms. The Hall–Kier alpha value is -2.44. The number of fused-ring (bicyclic) bond motifs is 1. The number of hydrogen-bond donors (Lipinski definition) is 1. The summed E-state index contributed by atoms with van der Waals surface area (Å²) in [7, 11) is 0. The number of nitrogens with zero attached hydrogens (tertiary/aromatic N) is 2. The van der Waals surface area contributed by atoms with Gasteiger partial charge in [-0.1, -0.05) is 23.8 Å². The van der Waals surface area contributed by atoms with Crippen molar-refractivity contribution < 1.29 is 4.79 Å². The number of hydrogen-bond acceptors (Lipinski definition) is 4. The summed E-state index contributed by atoms with van der Waals surface area (Å²) in [4.78, 5) is 19.4. The van der Waals surface area contributed by atoms with E-state index < -0.39 is 0 Å². The van der Waals surface area contributed by atoms with Crippen molar-refractivity contribution >= 4 is 39.2 Å². The monoisotopic (exact) mass is 367 g/mol. The Balaban J connectivity index is 1.69. The zero-order valence-electron chi connectivity index (χ0n) is 14.2. The maximum Gasteiger partial charge on any atom is 0.273 e. The zero-order valence-corrected chi connectivity index (χ0v) is 15.8. The summed E-state index contributed by atoms with van der Waals surface area (Å²) in [5, 5.41) is 6.95. The number of benzene rings is 1. The van der Waals surface area contributed by atoms with E-state index in [1.165, 1.54) is 16.9 Å². The van der Waals surface area contributed by atoms with Gasteiger partial charge in [-0.05, 0) is 43.3 Å². The van der Waals surface area contributed by atoms with Crippen LogP contribution in [0.15, 0.2) is 41.2 Å². The summed E-state index contributed by atoms with van der Waals surface area (Å²) in [6.45, 7) is 6.10. The maximum atomic E-state index is 12.8. The summed E-state index contributed by atoms with van der Waals surface area (Å²) in [6, 6.07) is 8.20. The number of aromatic nitrogens is 2. The Morgan fingerprint density at radius 1 is 1.16 bits per heavy atom. The van der Waals surface area contributed by atoms with Crippen molar-refractivity contribution in [2.24, 2.45) is 0 Å². The number of rotatable bonds is 3. The van der Waals surface area contributed by atoms with Crippen LogP contribution >= 0.6 is 22.7 Å². The molecule has 1 N–H and O–H groups in total. The molecule has 0 atom stereocenters. The molecule has 0 radical (unpaired) electrons. The second-order valence-electron chi connectivity index (χ2n) is 6.10. The van der Waals surface area contributed by atoms with Crippen molar-refractivity contribution in [2.75, 3.05) is 5.32 Å². The molecule has 3 aromatic heterocycles. The van der Waals surface area contributed by atoms with Gasteiger partial charge in [0.05, 0.1) is 4.88 Å². The fraction of sp³-hybridized carbons (Fsp3) is 0.158. The summed E-state index contributed by atoms with van der Waals surface area (Å²) in [5.41, 5.74) is 5.73. The fourth-order valence-corrected chi connectivity index (χ4v) is 4.58. The van der Waals surface area contributed by atoms with Crippen molar-refractivity contribution in [1.82, 2.24) is 9.38 Å². The van der Waals surface area contributed by atoms with Gasteiger partial charge in [0.2, 0.25) is 0 Å². The first-order valence-corrected chi connectivity index (χ1v) is 9.68. The molecule has 0 saturated carbocycles. The molecule has 0 aliphatic rings. The normalized spacial score (nSPS) is 11.2. The number of thiazole rings is 1. The van der Waals surface area contributed by atoms with Crippen molar-refractivity contribution in [3.63, 3.8) is 0 Å². The largest absolute Gasteiger partial charge is 0.320 e. The van der Waals surface area contributed by atoms with Crippen LogP contribution in [0.1, 0.15) is 27.2 Å². The topological polar surface area (TPSA) is 46.4 Å². The third-order valence-corrected chi connectivity index (χ3v) is 5.86. The maximum absolute atomic E-state index is 12.8. The average Bonchev–Trinajstić information content (AvgIpc) is 3.25. The second-order valence-corrected chi connectivity index (χ2v) is 7.89. The number of amides is 1. The van der Waals surface area contributed by atoms with E-state index in [9.17, 15) is 4.79 Å². The summed E-state index contributed by atoms with van der Waals surface area (Å²) in [6.07, 6.45) is 1.93. The highest BCUT2D eigenvalue weighted by Crippen LogP contribution is 2.28. The highest BCUT2D eigenvalue weighted by Gasteiger charge is 2.17. The lowest BCUT2D eigenvalue weighted by Crippen LogP contribution is -2.15. The molecule has 3 heterocycles. The highest BCUT2D eigenvalue weighted by atomic mass is 32.1. The third kappa shape index (κ3) is 2.88. The Labute approximate surface area is 153 Å². The molecule has 4 nitrogen and oxygen atoms in total. The molecule has 1 amide bonds. The predicted molar refractivity (Wildman–Crippen MR) is 105 cm³/mol. The minimum Gasteiger partial charge on any atom is -0.320 e. The molecule has 0 unspecified atom stereocenters. The smallest absolute Gasteiger partial charge is 0.273 e. The number of carbonyl (C=O) groups excluding carboxylic acids is 1. The first-order valence-electron chi connectivity index (χ1n) is 7.92. The first-order chi connectivity index (χ1) is 12.0. The molecule has 0 spiro atoms. The van der Waals surface area contributed by atoms with Crippen molar-refractivity contribution in [3.05, 3.63) is 63.6 Å². The van der Waals surface area contributed by atoms with Gasteiger partial charge in [0.15, 0.2) is 4.96 Å². The summed E-state index contributed by atoms with van der Waals surface area (Å²) < 4.78 is 1.87. The molecule has 4 aromatic rings. The minimum atomic E-state index is -0.114. The van der Waals surface area contributed by atoms with Crippen LogP contribution in [0.25, 0.3) is 15.5 Å². The van der Waals surface area contributed by atoms with Gasteiger partial charge < -0.3 is 5.32 Å². The van der Waals surface area contributed by atoms with Gasteiger partial charge in [0.25, 0.3) is 5.91 Å². The Kier molecular flexibility index (Phi) is 3.94. The van der Waals surface area contributed by atoms with Crippen LogP contribution in [0.2, 0.25) is 0 Å². The van der Waals surface area contributed by atoms with E-state index in [4.69, 9.17) is 0 Å². The van der Waals surface area contributed by atoms with Gasteiger partial charge in [-0.3, -0.25) is 9.20 Å². The van der Waals surface area contributed by atoms with Crippen LogP contribution in [0.5, 0.6) is 0 Å². The van der Waals surface area contributed by atoms with Crippen molar-refractivity contribution in [3.8, 4) is 10.6 Å². The second kappa shape index (κ2) is 6.13. The van der Waals surface area contributed by atoms with E-state index >= 15 is 0 Å². The number of carbonyl (C=O) groups is 1. The van der Waals surface area contributed by atoms with Crippen LogP contribution in [-0.2, 0) is 0 Å². The lowest BCUT2D eigenvalue weighted by Gasteiger charge is -2.12. The van der Waals surface area contributed by atoms with E-state index in [1.807, 2.05) is 47.3 Å². The van der Waals surface area contributed by atoms with Gasteiger partial charge in [-0.25, -0.2) is 4.98 Å². The van der Waals surface area contributed by atoms with Crippen molar-refractivity contribution in [1.29, 1.82) is 0 Å². The molecule has 0 fully saturated rings. The molecule has 0 saturated heterocycles. The molecular weight excluding hydrogens is 350 g/mol. The van der Waals surface area contributed by atoms with Crippen LogP contribution in [0.3, 0.4) is 0 Å². The van der Waals surface area contributed by atoms with Gasteiger partial charge in [0, 0.05) is 17.3 Å². The molecule has 0 bridgehead atoms. The fourth-order valence-electron chi connectivity index (χ4n) is 3.04. The first kappa shape index (κ1) is 16.1. The van der Waals surface area contributed by atoms with Gasteiger partial charge in [0.1, 0.15) is 11.4 Å². The summed E-state index contributed by atoms with van der Waals surface area (Å²) in [5.74, 6) is -0.114. The van der Waals surface area contributed by atoms with Crippen LogP contribution < -0.4 is 5.32 Å². The highest BCUT2D eigenvalue weighted by molar-refractivity contribution is 7.15. The van der Waals surface area contributed by atoms with E-state index in [0.717, 1.165) is 32.3 Å². The minimum absolute atomic E-state index is 0.114. The Bertz CT molecular complexity index is 1050. The van der Waals surface area contributed by atoms with Crippen molar-refractivity contribution in [2.45, 2.75) is 20.8 Å². The number of aryl methyl sites for hydroxylation is 3. The van der Waals surface area contributed by atoms with Crippen LogP contribution in [0, 0.1) is 20.8 Å². The Morgan fingerprint density at radius 3 is 2.60 bits per heavy atom. The van der Waals surface area contributed by atoms with Crippen LogP contribution in [-0.4, -0.2) is 15.3 Å². The molecule has 126 valence electrons. The molecule has 4 rings (SSSR count). The molecule has 0 aliphatic carbocycles. The third-order valence-electron chi connectivity index (χ3n) is 4.13. The molecule has 0 aliphatic heterocycles. The number of thiophene rings is 1. The lowest BCUT2D eigenvalue weighted by atomic mass is 10.1. The number of imidazole rings is 1. The molecule has 1 aromatic carbocycles. The van der Waals surface area contributed by atoms with E-state index in [0.29, 0.717) is 5.69 Å². The van der Waals surface area contributed by atoms with E-state index in [1.54, 1.807) is 11.3 Å². The standard InChI is InChI=1S/C19H17N3OS2/c1-11-7-12(2)17(13(3)8-11)21-18(23)15-10-25-19-20-14(9-22(15)19)16-5-4-6-24-16/h4-10H,1-3H3,(H,21,23). The lowest BCUT2D eigenvalue weighted by molar-refractivity contribution is 0.102. The SMILES string of the molecule is Cc1cc(C)c(NC(=O)c2csc3nc(-c4cccs4)cn23)c(C)c1. The molecule has 25 heavy (non-hydrogen) atoms. The average molecular weight is 367 g/mol. The van der Waals surface area contributed by atoms with Gasteiger partial charge >= 0.3 is 0 Å². The quantitative estimate of drug-likeness (QED) is 0.534. The zero-order chi connectivity index (χ0) is 17.6. The van der Waals surface area contributed by atoms with Crippen LogP contribution in [0.4, 0.5) is 5.69 Å². The number of anilines is 1. The van der Waals surface area contributed by atoms with Gasteiger partial charge in [-0.15, -0.1) is 22.7 Å². The van der Waals surface area contributed by atoms with E-state index in [2.05, 4.69) is 29.4 Å². The summed E-state index contributed by atoms with van der Waals surface area (Å²) >= 11 is 3.12. The predicted octanol–water partition coefficient (Wildman–Crippen LogP) is 5.30. The van der Waals surface area contributed by atoms with E-state index in [-0.39, 0.29) is 5.91 Å². The Morgan fingerprint density at radius 2 is 1.92 bits per heavy atom. The van der Waals surface area contributed by atoms with Gasteiger partial charge in [-0.2, -0.15) is 0 Å². The molecular formula is C19H17N3OS2.